The van der Waals surface area contributed by atoms with Crippen molar-refractivity contribution >= 4 is 31.6 Å². The molecule has 1 aliphatic rings. The van der Waals surface area contributed by atoms with Crippen LogP contribution in [0.1, 0.15) is 19.8 Å². The monoisotopic (exact) mass is 318 g/mol. The molecule has 0 spiro atoms. The van der Waals surface area contributed by atoms with Crippen LogP contribution in [-0.4, -0.2) is 25.3 Å². The molecule has 1 heterocycles. The minimum atomic E-state index is -3.38. The molecule has 1 aromatic rings. The Labute approximate surface area is 110 Å². The molecule has 94 valence electrons. The molecule has 1 unspecified atom stereocenters. The number of nitrogens with two attached hydrogens (primary N) is 1. The maximum atomic E-state index is 12.4. The third kappa shape index (κ3) is 2.34. The van der Waals surface area contributed by atoms with Gasteiger partial charge in [-0.3, -0.25) is 0 Å². The molecule has 0 aromatic heterocycles. The minimum Gasteiger partial charge on any atom is -0.398 e. The van der Waals surface area contributed by atoms with Gasteiger partial charge in [0.15, 0.2) is 0 Å². The lowest BCUT2D eigenvalue weighted by atomic mass is 10.3. The maximum absolute atomic E-state index is 12.4. The molecule has 1 aromatic carbocycles. The molecule has 1 saturated heterocycles. The molecular weight excluding hydrogens is 304 g/mol. The number of nitrogens with zero attached hydrogens (tertiary/aromatic N) is 1. The van der Waals surface area contributed by atoms with Gasteiger partial charge in [-0.25, -0.2) is 8.42 Å². The largest absolute Gasteiger partial charge is 0.398 e. The molecule has 0 amide bonds. The van der Waals surface area contributed by atoms with Gasteiger partial charge in [0, 0.05) is 22.7 Å². The number of hydrogen-bond acceptors (Lipinski definition) is 3. The fraction of sp³-hybridized carbons (Fsp3) is 0.455. The molecule has 6 heteroatoms. The van der Waals surface area contributed by atoms with Crippen molar-refractivity contribution in [3.8, 4) is 0 Å². The van der Waals surface area contributed by atoms with Gasteiger partial charge in [0.1, 0.15) is 0 Å². The Morgan fingerprint density at radius 1 is 1.47 bits per heavy atom. The van der Waals surface area contributed by atoms with Crippen molar-refractivity contribution in [1.29, 1.82) is 0 Å². The number of anilines is 1. The summed E-state index contributed by atoms with van der Waals surface area (Å²) in [5.41, 5.74) is 6.20. The van der Waals surface area contributed by atoms with Crippen LogP contribution in [0.4, 0.5) is 5.69 Å². The summed E-state index contributed by atoms with van der Waals surface area (Å²) in [4.78, 5) is 0.298. The molecule has 0 radical (unpaired) electrons. The van der Waals surface area contributed by atoms with Crippen LogP contribution in [-0.2, 0) is 10.0 Å². The lowest BCUT2D eigenvalue weighted by Gasteiger charge is -2.21. The molecule has 4 nitrogen and oxygen atoms in total. The number of hydrogen-bond donors (Lipinski definition) is 1. The number of sulfonamides is 1. The van der Waals surface area contributed by atoms with Gasteiger partial charge in [0.25, 0.3) is 0 Å². The summed E-state index contributed by atoms with van der Waals surface area (Å²) in [6.45, 7) is 2.54. The van der Waals surface area contributed by atoms with Crippen molar-refractivity contribution in [3.63, 3.8) is 0 Å². The summed E-state index contributed by atoms with van der Waals surface area (Å²) in [5, 5.41) is 0. The third-order valence-electron chi connectivity index (χ3n) is 3.07. The predicted molar refractivity (Wildman–Crippen MR) is 71.1 cm³/mol. The lowest BCUT2D eigenvalue weighted by Crippen LogP contribution is -2.33. The van der Waals surface area contributed by atoms with Crippen molar-refractivity contribution in [2.24, 2.45) is 0 Å². The van der Waals surface area contributed by atoms with Crippen molar-refractivity contribution in [1.82, 2.24) is 4.31 Å². The highest BCUT2D eigenvalue weighted by atomic mass is 79.9. The van der Waals surface area contributed by atoms with E-state index in [1.807, 2.05) is 6.92 Å². The molecule has 1 fully saturated rings. The van der Waals surface area contributed by atoms with Crippen molar-refractivity contribution in [3.05, 3.63) is 22.7 Å². The summed E-state index contributed by atoms with van der Waals surface area (Å²) in [5.74, 6) is 0. The van der Waals surface area contributed by atoms with Gasteiger partial charge in [-0.05, 0) is 53.9 Å². The van der Waals surface area contributed by atoms with E-state index >= 15 is 0 Å². The highest BCUT2D eigenvalue weighted by molar-refractivity contribution is 9.10. The number of benzene rings is 1. The molecule has 17 heavy (non-hydrogen) atoms. The van der Waals surface area contributed by atoms with Gasteiger partial charge >= 0.3 is 0 Å². The Hall–Kier alpha value is -0.590. The summed E-state index contributed by atoms with van der Waals surface area (Å²) < 4.78 is 26.9. The fourth-order valence-electron chi connectivity index (χ4n) is 2.07. The van der Waals surface area contributed by atoms with E-state index in [1.54, 1.807) is 22.5 Å². The average molecular weight is 319 g/mol. The van der Waals surface area contributed by atoms with E-state index in [1.165, 1.54) is 0 Å². The van der Waals surface area contributed by atoms with E-state index in [4.69, 9.17) is 5.73 Å². The molecule has 2 N–H and O–H groups in total. The zero-order chi connectivity index (χ0) is 12.6. The van der Waals surface area contributed by atoms with Crippen LogP contribution in [0.3, 0.4) is 0 Å². The first-order chi connectivity index (χ1) is 7.93. The van der Waals surface area contributed by atoms with Gasteiger partial charge in [-0.2, -0.15) is 4.31 Å². The van der Waals surface area contributed by atoms with Crippen molar-refractivity contribution < 1.29 is 8.42 Å². The molecule has 1 atom stereocenters. The van der Waals surface area contributed by atoms with Crippen molar-refractivity contribution in [2.45, 2.75) is 30.7 Å². The second kappa shape index (κ2) is 4.59. The smallest absolute Gasteiger partial charge is 0.243 e. The van der Waals surface area contributed by atoms with E-state index in [0.29, 0.717) is 21.6 Å². The van der Waals surface area contributed by atoms with Crippen molar-refractivity contribution in [2.75, 3.05) is 12.3 Å². The fourth-order valence-corrected chi connectivity index (χ4v) is 4.32. The molecular formula is C11H15BrN2O2S. The standard InChI is InChI=1S/C11H15BrN2O2S/c1-8-3-2-6-14(8)17(15,16)9-4-5-11(13)10(12)7-9/h4-5,7-8H,2-3,6,13H2,1H3. The Balaban J connectivity index is 2.41. The zero-order valence-electron chi connectivity index (χ0n) is 9.56. The summed E-state index contributed by atoms with van der Waals surface area (Å²) in [6.07, 6.45) is 1.85. The molecule has 1 aliphatic heterocycles. The van der Waals surface area contributed by atoms with Gasteiger partial charge in [-0.15, -0.1) is 0 Å². The van der Waals surface area contributed by atoms with Crippen LogP contribution < -0.4 is 5.73 Å². The minimum absolute atomic E-state index is 0.0799. The van der Waals surface area contributed by atoms with E-state index in [0.717, 1.165) is 12.8 Å². The molecule has 2 rings (SSSR count). The van der Waals surface area contributed by atoms with Gasteiger partial charge in [-0.1, -0.05) is 0 Å². The van der Waals surface area contributed by atoms with Crippen LogP contribution in [0.15, 0.2) is 27.6 Å². The number of rotatable bonds is 2. The molecule has 0 bridgehead atoms. The molecule has 0 aliphatic carbocycles. The Kier molecular flexibility index (Phi) is 3.47. The second-order valence-electron chi connectivity index (χ2n) is 4.29. The highest BCUT2D eigenvalue weighted by Crippen LogP contribution is 2.29. The van der Waals surface area contributed by atoms with E-state index in [9.17, 15) is 8.42 Å². The second-order valence-corrected chi connectivity index (χ2v) is 7.04. The van der Waals surface area contributed by atoms with Gasteiger partial charge in [0.2, 0.25) is 10.0 Å². The Morgan fingerprint density at radius 2 is 2.18 bits per heavy atom. The van der Waals surface area contributed by atoms with E-state index in [-0.39, 0.29) is 6.04 Å². The van der Waals surface area contributed by atoms with E-state index < -0.39 is 10.0 Å². The van der Waals surface area contributed by atoms with Crippen LogP contribution in [0, 0.1) is 0 Å². The van der Waals surface area contributed by atoms with Crippen LogP contribution >= 0.6 is 15.9 Å². The number of halogens is 1. The van der Waals surface area contributed by atoms with Crippen LogP contribution in [0.2, 0.25) is 0 Å². The van der Waals surface area contributed by atoms with E-state index in [2.05, 4.69) is 15.9 Å². The predicted octanol–water partition coefficient (Wildman–Crippen LogP) is 2.20. The quantitative estimate of drug-likeness (QED) is 0.850. The summed E-state index contributed by atoms with van der Waals surface area (Å²) in [6, 6.07) is 4.81. The molecule has 0 saturated carbocycles. The number of nitrogen functional groups attached to an aromatic ring is 1. The lowest BCUT2D eigenvalue weighted by molar-refractivity contribution is 0.408. The first kappa shape index (κ1) is 12.9. The normalized spacial score (nSPS) is 21.9. The SMILES string of the molecule is CC1CCCN1S(=O)(=O)c1ccc(N)c(Br)c1. The topological polar surface area (TPSA) is 63.4 Å². The summed E-state index contributed by atoms with van der Waals surface area (Å²) in [7, 11) is -3.38. The summed E-state index contributed by atoms with van der Waals surface area (Å²) >= 11 is 3.25. The first-order valence-corrected chi connectivity index (χ1v) is 7.73. The third-order valence-corrected chi connectivity index (χ3v) is 5.77. The van der Waals surface area contributed by atoms with Gasteiger partial charge in [0.05, 0.1) is 4.90 Å². The highest BCUT2D eigenvalue weighted by Gasteiger charge is 2.32. The first-order valence-electron chi connectivity index (χ1n) is 5.50. The maximum Gasteiger partial charge on any atom is 0.243 e. The van der Waals surface area contributed by atoms with Crippen LogP contribution in [0.25, 0.3) is 0 Å². The van der Waals surface area contributed by atoms with Gasteiger partial charge < -0.3 is 5.73 Å². The zero-order valence-corrected chi connectivity index (χ0v) is 12.0. The average Bonchev–Trinajstić information content (AvgIpc) is 2.69. The Bertz CT molecular complexity index is 530. The van der Waals surface area contributed by atoms with Crippen LogP contribution in [0.5, 0.6) is 0 Å². The Morgan fingerprint density at radius 3 is 2.71 bits per heavy atom.